The molecule has 4 rings (SSSR count). The highest BCUT2D eigenvalue weighted by atomic mass is 16.7. The highest BCUT2D eigenvalue weighted by molar-refractivity contribution is 5.29. The van der Waals surface area contributed by atoms with Gasteiger partial charge in [0.25, 0.3) is 0 Å². The molecule has 6 nitrogen and oxygen atoms in total. The predicted molar refractivity (Wildman–Crippen MR) is 96.8 cm³/mol. The topological polar surface area (TPSA) is 88.4 Å². The van der Waals surface area contributed by atoms with Crippen LogP contribution in [0, 0.1) is 6.92 Å². The zero-order chi connectivity index (χ0) is 19.0. The fourth-order valence-electron chi connectivity index (χ4n) is 3.80. The van der Waals surface area contributed by atoms with Gasteiger partial charge in [-0.1, -0.05) is 60.2 Å². The summed E-state index contributed by atoms with van der Waals surface area (Å²) >= 11 is 0. The van der Waals surface area contributed by atoms with E-state index in [0.717, 1.165) is 16.7 Å². The van der Waals surface area contributed by atoms with Crippen molar-refractivity contribution in [3.05, 3.63) is 71.3 Å². The second-order valence-electron chi connectivity index (χ2n) is 7.24. The fraction of sp³-hybridized carbons (Fsp3) is 0.429. The predicted octanol–water partition coefficient (Wildman–Crippen LogP) is 1.63. The van der Waals surface area contributed by atoms with E-state index in [9.17, 15) is 15.3 Å². The highest BCUT2D eigenvalue weighted by Crippen LogP contribution is 2.49. The zero-order valence-electron chi connectivity index (χ0n) is 15.1. The van der Waals surface area contributed by atoms with Crippen molar-refractivity contribution in [2.45, 2.75) is 43.2 Å². The molecule has 0 radical (unpaired) electrons. The third kappa shape index (κ3) is 3.29. The van der Waals surface area contributed by atoms with Gasteiger partial charge in [0.05, 0.1) is 13.2 Å². The first-order valence-corrected chi connectivity index (χ1v) is 9.08. The van der Waals surface area contributed by atoms with Gasteiger partial charge in [0, 0.05) is 5.56 Å². The Balaban J connectivity index is 1.66. The summed E-state index contributed by atoms with van der Waals surface area (Å²) in [4.78, 5) is 0. The van der Waals surface area contributed by atoms with Gasteiger partial charge in [-0.15, -0.1) is 0 Å². The number of ether oxygens (including phenoxy) is 3. The Labute approximate surface area is 157 Å². The van der Waals surface area contributed by atoms with E-state index >= 15 is 0 Å². The standard InChI is InChI=1S/C21H24O6/c1-13-7-9-14(10-8-13)18-21(24)12-25-20(15-5-3-2-4-6-15)27-19(21)17(26-18)16(23)11-22/h2-10,16-20,22-24H,11-12H2,1H3/t16?,17-,18?,19+,20?,21-/m1/s1. The van der Waals surface area contributed by atoms with Crippen molar-refractivity contribution in [3.63, 3.8) is 0 Å². The molecule has 6 heteroatoms. The number of aliphatic hydroxyl groups excluding tert-OH is 2. The molecule has 2 aliphatic heterocycles. The summed E-state index contributed by atoms with van der Waals surface area (Å²) in [5, 5.41) is 31.1. The molecule has 3 unspecified atom stereocenters. The van der Waals surface area contributed by atoms with Gasteiger partial charge >= 0.3 is 0 Å². The van der Waals surface area contributed by atoms with Crippen LogP contribution in [-0.4, -0.2) is 52.4 Å². The molecule has 27 heavy (non-hydrogen) atoms. The lowest BCUT2D eigenvalue weighted by molar-refractivity contribution is -0.292. The average molecular weight is 372 g/mol. The van der Waals surface area contributed by atoms with Crippen LogP contribution in [0.15, 0.2) is 54.6 Å². The van der Waals surface area contributed by atoms with E-state index < -0.39 is 42.9 Å². The molecule has 2 heterocycles. The van der Waals surface area contributed by atoms with Gasteiger partial charge < -0.3 is 29.5 Å². The van der Waals surface area contributed by atoms with Gasteiger partial charge in [-0.25, -0.2) is 0 Å². The normalized spacial score (nSPS) is 34.2. The Kier molecular flexibility index (Phi) is 5.03. The maximum atomic E-state index is 11.4. The molecule has 2 aromatic rings. The summed E-state index contributed by atoms with van der Waals surface area (Å²) in [6.45, 7) is 1.48. The first-order chi connectivity index (χ1) is 13.0. The van der Waals surface area contributed by atoms with Crippen LogP contribution in [0.4, 0.5) is 0 Å². The molecular formula is C21H24O6. The molecular weight excluding hydrogens is 348 g/mol. The zero-order valence-corrected chi connectivity index (χ0v) is 15.1. The number of fused-ring (bicyclic) bond motifs is 1. The van der Waals surface area contributed by atoms with Gasteiger partial charge in [0.1, 0.15) is 30.0 Å². The molecule has 2 aromatic carbocycles. The Morgan fingerprint density at radius 3 is 2.41 bits per heavy atom. The Morgan fingerprint density at radius 1 is 1.04 bits per heavy atom. The monoisotopic (exact) mass is 372 g/mol. The number of hydrogen-bond acceptors (Lipinski definition) is 6. The summed E-state index contributed by atoms with van der Waals surface area (Å²) < 4.78 is 17.9. The van der Waals surface area contributed by atoms with E-state index in [2.05, 4.69) is 0 Å². The first-order valence-electron chi connectivity index (χ1n) is 9.08. The second kappa shape index (κ2) is 7.31. The summed E-state index contributed by atoms with van der Waals surface area (Å²) in [7, 11) is 0. The van der Waals surface area contributed by atoms with Gasteiger partial charge in [0.2, 0.25) is 0 Å². The van der Waals surface area contributed by atoms with Gasteiger partial charge in [-0.3, -0.25) is 0 Å². The Bertz CT molecular complexity index is 764. The van der Waals surface area contributed by atoms with Crippen LogP contribution in [0.5, 0.6) is 0 Å². The molecule has 0 bridgehead atoms. The Hall–Kier alpha value is -1.80. The maximum absolute atomic E-state index is 11.4. The van der Waals surface area contributed by atoms with Crippen LogP contribution in [0.3, 0.4) is 0 Å². The minimum atomic E-state index is -1.47. The smallest absolute Gasteiger partial charge is 0.184 e. The number of benzene rings is 2. The number of aryl methyl sites for hydroxylation is 1. The summed E-state index contributed by atoms with van der Waals surface area (Å²) in [5.41, 5.74) is 1.20. The minimum absolute atomic E-state index is 0.00950. The van der Waals surface area contributed by atoms with Crippen molar-refractivity contribution in [2.24, 2.45) is 0 Å². The second-order valence-corrected chi connectivity index (χ2v) is 7.24. The third-order valence-corrected chi connectivity index (χ3v) is 5.29. The molecule has 6 atom stereocenters. The minimum Gasteiger partial charge on any atom is -0.394 e. The van der Waals surface area contributed by atoms with Crippen molar-refractivity contribution in [2.75, 3.05) is 13.2 Å². The van der Waals surface area contributed by atoms with E-state index in [0.29, 0.717) is 0 Å². The molecule has 3 N–H and O–H groups in total. The highest BCUT2D eigenvalue weighted by Gasteiger charge is 2.61. The largest absolute Gasteiger partial charge is 0.394 e. The van der Waals surface area contributed by atoms with Crippen molar-refractivity contribution >= 4 is 0 Å². The average Bonchev–Trinajstić information content (AvgIpc) is 3.01. The quantitative estimate of drug-likeness (QED) is 0.756. The molecule has 2 aliphatic rings. The lowest BCUT2D eigenvalue weighted by Crippen LogP contribution is -2.56. The van der Waals surface area contributed by atoms with Crippen molar-refractivity contribution in [3.8, 4) is 0 Å². The maximum Gasteiger partial charge on any atom is 0.184 e. The van der Waals surface area contributed by atoms with E-state index in [1.807, 2.05) is 61.5 Å². The van der Waals surface area contributed by atoms with Gasteiger partial charge in [-0.2, -0.15) is 0 Å². The van der Waals surface area contributed by atoms with Crippen molar-refractivity contribution < 1.29 is 29.5 Å². The van der Waals surface area contributed by atoms with E-state index in [-0.39, 0.29) is 6.61 Å². The fourth-order valence-corrected chi connectivity index (χ4v) is 3.80. The molecule has 2 saturated heterocycles. The third-order valence-electron chi connectivity index (χ3n) is 5.29. The van der Waals surface area contributed by atoms with Crippen LogP contribution < -0.4 is 0 Å². The first kappa shape index (κ1) is 18.6. The summed E-state index contributed by atoms with van der Waals surface area (Å²) in [6.07, 6.45) is -4.30. The molecule has 0 amide bonds. The molecule has 144 valence electrons. The van der Waals surface area contributed by atoms with E-state index in [1.54, 1.807) is 0 Å². The lowest BCUT2D eigenvalue weighted by atomic mass is 9.85. The summed E-state index contributed by atoms with van der Waals surface area (Å²) in [5.74, 6) is 0. The van der Waals surface area contributed by atoms with E-state index in [4.69, 9.17) is 14.2 Å². The van der Waals surface area contributed by atoms with E-state index in [1.165, 1.54) is 0 Å². The lowest BCUT2D eigenvalue weighted by Gasteiger charge is -2.41. The molecule has 0 aromatic heterocycles. The molecule has 0 saturated carbocycles. The van der Waals surface area contributed by atoms with Crippen molar-refractivity contribution in [1.82, 2.24) is 0 Å². The van der Waals surface area contributed by atoms with Crippen molar-refractivity contribution in [1.29, 1.82) is 0 Å². The van der Waals surface area contributed by atoms with Crippen LogP contribution in [0.25, 0.3) is 0 Å². The molecule has 0 aliphatic carbocycles. The molecule has 2 fully saturated rings. The van der Waals surface area contributed by atoms with Gasteiger partial charge in [-0.05, 0) is 12.5 Å². The number of aliphatic hydroxyl groups is 3. The van der Waals surface area contributed by atoms with Crippen LogP contribution in [-0.2, 0) is 14.2 Å². The van der Waals surface area contributed by atoms with Crippen LogP contribution >= 0.6 is 0 Å². The molecule has 0 spiro atoms. The number of hydrogen-bond donors (Lipinski definition) is 3. The van der Waals surface area contributed by atoms with Crippen LogP contribution in [0.2, 0.25) is 0 Å². The Morgan fingerprint density at radius 2 is 1.74 bits per heavy atom. The summed E-state index contributed by atoms with van der Waals surface area (Å²) in [6, 6.07) is 17.0. The number of rotatable bonds is 4. The van der Waals surface area contributed by atoms with Gasteiger partial charge in [0.15, 0.2) is 6.29 Å². The van der Waals surface area contributed by atoms with Crippen LogP contribution in [0.1, 0.15) is 29.1 Å². The SMILES string of the molecule is Cc1ccc(C2O[C@H](C(O)CO)[C@@H]3OC(c4ccccc4)OC[C@@]23O)cc1.